The zero-order valence-corrected chi connectivity index (χ0v) is 25.7. The maximum absolute atomic E-state index is 11.9. The molecule has 0 aliphatic heterocycles. The Kier molecular flexibility index (Phi) is 7.88. The molecule has 4 aliphatic carbocycles. The Morgan fingerprint density at radius 2 is 1.56 bits per heavy atom. The summed E-state index contributed by atoms with van der Waals surface area (Å²) in [7, 11) is 0. The van der Waals surface area contributed by atoms with Crippen LogP contribution in [-0.2, 0) is 6.42 Å². The average molecular weight is 540 g/mol. The highest BCUT2D eigenvalue weighted by Crippen LogP contribution is 2.75. The van der Waals surface area contributed by atoms with Gasteiger partial charge >= 0.3 is 0 Å². The van der Waals surface area contributed by atoms with Gasteiger partial charge in [0.1, 0.15) is 0 Å². The van der Waals surface area contributed by atoms with Crippen LogP contribution in [0.3, 0.4) is 0 Å². The number of benzene rings is 1. The maximum atomic E-state index is 11.9. The third kappa shape index (κ3) is 4.74. The lowest BCUT2D eigenvalue weighted by Gasteiger charge is -2.70. The van der Waals surface area contributed by atoms with Gasteiger partial charge < -0.3 is 20.6 Å². The topological polar surface area (TPSA) is 72.7 Å². The van der Waals surface area contributed by atoms with Crippen molar-refractivity contribution in [2.24, 2.45) is 45.3 Å². The van der Waals surface area contributed by atoms with Crippen LogP contribution in [0.4, 0.5) is 0 Å². The minimum absolute atomic E-state index is 0.0338. The van der Waals surface area contributed by atoms with Crippen LogP contribution in [0.25, 0.3) is 0 Å². The van der Waals surface area contributed by atoms with E-state index in [2.05, 4.69) is 77.2 Å². The van der Waals surface area contributed by atoms with Crippen molar-refractivity contribution >= 4 is 0 Å². The first-order chi connectivity index (χ1) is 18.3. The Hall–Kier alpha value is -0.940. The minimum Gasteiger partial charge on any atom is -0.393 e. The van der Waals surface area contributed by atoms with Crippen LogP contribution >= 0.6 is 0 Å². The molecule has 4 saturated carbocycles. The highest BCUT2D eigenvalue weighted by molar-refractivity contribution is 5.20. The second-order valence-electron chi connectivity index (χ2n) is 15.8. The molecule has 220 valence electrons. The third-order valence-electron chi connectivity index (χ3n) is 13.6. The van der Waals surface area contributed by atoms with Gasteiger partial charge in [0.2, 0.25) is 0 Å². The molecule has 4 fully saturated rings. The zero-order chi connectivity index (χ0) is 28.3. The molecule has 0 radical (unpaired) electrons. The Morgan fingerprint density at radius 3 is 2.28 bits per heavy atom. The van der Waals surface area contributed by atoms with Gasteiger partial charge in [-0.2, -0.15) is 0 Å². The van der Waals surface area contributed by atoms with Crippen LogP contribution in [0.5, 0.6) is 0 Å². The summed E-state index contributed by atoms with van der Waals surface area (Å²) >= 11 is 0. The van der Waals surface area contributed by atoms with Crippen LogP contribution in [0, 0.1) is 45.3 Å². The summed E-state index contributed by atoms with van der Waals surface area (Å²) in [6, 6.07) is 10.6. The molecular formula is C35H57NO3. The summed E-state index contributed by atoms with van der Waals surface area (Å²) in [5.41, 5.74) is 0.864. The van der Waals surface area contributed by atoms with Crippen molar-refractivity contribution in [3.8, 4) is 0 Å². The SMILES string of the molecule is CC1(C)[C@@H](O)CC[C@]2(C)[C@H]3C[C@@H](O)[C@@H]4[C@@H]([C@@](C)(O)CCCNCCc5ccccc5)CC[C@@]4(C)[C@]3(C)CC[C@@H]12. The summed E-state index contributed by atoms with van der Waals surface area (Å²) in [4.78, 5) is 0. The van der Waals surface area contributed by atoms with E-state index in [0.29, 0.717) is 11.8 Å². The molecule has 0 saturated heterocycles. The number of aliphatic hydroxyl groups is 3. The first-order valence-electron chi connectivity index (χ1n) is 16.1. The standard InChI is InChI=1S/C35H57NO3/c1-31(2)27-14-20-33(4)28(32(27,3)18-15-29(31)38)23-26(37)30-25(13-19-34(30,33)5)35(6,39)17-10-21-36-22-16-24-11-8-7-9-12-24/h7-9,11-12,25-30,36-39H,10,13-23H2,1-6H3/t25-,26+,27-,28+,29-,30-,32-,33+,34+,35-/m0/s1. The van der Waals surface area contributed by atoms with E-state index in [1.807, 2.05) is 0 Å². The average Bonchev–Trinajstić information content (AvgIpc) is 3.27. The van der Waals surface area contributed by atoms with E-state index in [1.165, 1.54) is 18.4 Å². The number of nitrogens with one attached hydrogen (secondary N) is 1. The van der Waals surface area contributed by atoms with Crippen LogP contribution in [0.1, 0.15) is 105 Å². The lowest BCUT2D eigenvalue weighted by atomic mass is 9.35. The predicted octanol–water partition coefficient (Wildman–Crippen LogP) is 6.37. The molecule has 1 aromatic carbocycles. The van der Waals surface area contributed by atoms with Gasteiger partial charge in [0, 0.05) is 0 Å². The molecule has 0 unspecified atom stereocenters. The van der Waals surface area contributed by atoms with E-state index >= 15 is 0 Å². The fraction of sp³-hybridized carbons (Fsp3) is 0.829. The summed E-state index contributed by atoms with van der Waals surface area (Å²) in [6.07, 6.45) is 9.42. The van der Waals surface area contributed by atoms with Crippen LogP contribution in [0.15, 0.2) is 30.3 Å². The lowest BCUT2D eigenvalue weighted by Crippen LogP contribution is -2.66. The van der Waals surface area contributed by atoms with Gasteiger partial charge in [-0.1, -0.05) is 65.0 Å². The first-order valence-corrected chi connectivity index (χ1v) is 16.1. The van der Waals surface area contributed by atoms with Crippen molar-refractivity contribution in [3.63, 3.8) is 0 Å². The fourth-order valence-electron chi connectivity index (χ4n) is 11.2. The van der Waals surface area contributed by atoms with Crippen molar-refractivity contribution in [1.82, 2.24) is 5.32 Å². The molecule has 0 heterocycles. The van der Waals surface area contributed by atoms with Crippen molar-refractivity contribution in [2.75, 3.05) is 13.1 Å². The molecule has 4 N–H and O–H groups in total. The van der Waals surface area contributed by atoms with Gasteiger partial charge in [-0.3, -0.25) is 0 Å². The molecule has 5 rings (SSSR count). The largest absolute Gasteiger partial charge is 0.393 e. The van der Waals surface area contributed by atoms with Crippen molar-refractivity contribution in [1.29, 1.82) is 0 Å². The minimum atomic E-state index is -0.758. The molecule has 10 atom stereocenters. The molecule has 4 nitrogen and oxygen atoms in total. The van der Waals surface area contributed by atoms with Crippen LogP contribution < -0.4 is 5.32 Å². The van der Waals surface area contributed by atoms with E-state index in [4.69, 9.17) is 0 Å². The normalized spacial score (nSPS) is 44.6. The van der Waals surface area contributed by atoms with Crippen molar-refractivity contribution < 1.29 is 15.3 Å². The number of rotatable bonds is 8. The second kappa shape index (κ2) is 10.4. The molecular weight excluding hydrogens is 482 g/mol. The molecule has 1 aromatic rings. The van der Waals surface area contributed by atoms with Crippen LogP contribution in [0.2, 0.25) is 0 Å². The van der Waals surface area contributed by atoms with E-state index < -0.39 is 5.60 Å². The molecule has 0 spiro atoms. The van der Waals surface area contributed by atoms with E-state index in [0.717, 1.165) is 64.5 Å². The summed E-state index contributed by atoms with van der Waals surface area (Å²) in [6.45, 7) is 16.0. The second-order valence-corrected chi connectivity index (χ2v) is 15.8. The van der Waals surface area contributed by atoms with Gasteiger partial charge in [-0.25, -0.2) is 0 Å². The maximum Gasteiger partial charge on any atom is 0.0652 e. The van der Waals surface area contributed by atoms with Crippen molar-refractivity contribution in [3.05, 3.63) is 35.9 Å². The van der Waals surface area contributed by atoms with Gasteiger partial charge in [0.15, 0.2) is 0 Å². The molecule has 0 bridgehead atoms. The molecule has 0 aromatic heterocycles. The van der Waals surface area contributed by atoms with E-state index in [1.54, 1.807) is 0 Å². The summed E-state index contributed by atoms with van der Waals surface area (Å²) < 4.78 is 0. The molecule has 39 heavy (non-hydrogen) atoms. The quantitative estimate of drug-likeness (QED) is 0.290. The summed E-state index contributed by atoms with van der Waals surface area (Å²) in [5.74, 6) is 1.26. The van der Waals surface area contributed by atoms with Gasteiger partial charge in [-0.15, -0.1) is 0 Å². The number of fused-ring (bicyclic) bond motifs is 5. The Bertz CT molecular complexity index is 993. The highest BCUT2D eigenvalue weighted by Gasteiger charge is 2.71. The number of aliphatic hydroxyl groups excluding tert-OH is 2. The van der Waals surface area contributed by atoms with Gasteiger partial charge in [0.25, 0.3) is 0 Å². The lowest BCUT2D eigenvalue weighted by molar-refractivity contribution is -0.246. The third-order valence-corrected chi connectivity index (χ3v) is 13.6. The number of hydrogen-bond donors (Lipinski definition) is 4. The zero-order valence-electron chi connectivity index (χ0n) is 25.7. The Balaban J connectivity index is 1.26. The molecule has 0 amide bonds. The first kappa shape index (κ1) is 29.5. The molecule has 4 heteroatoms. The van der Waals surface area contributed by atoms with Gasteiger partial charge in [0.05, 0.1) is 17.8 Å². The van der Waals surface area contributed by atoms with E-state index in [-0.39, 0.29) is 45.7 Å². The summed E-state index contributed by atoms with van der Waals surface area (Å²) in [5, 5.41) is 38.3. The Morgan fingerprint density at radius 1 is 0.872 bits per heavy atom. The van der Waals surface area contributed by atoms with Gasteiger partial charge in [-0.05, 0) is 135 Å². The van der Waals surface area contributed by atoms with Crippen LogP contribution in [-0.4, -0.2) is 46.2 Å². The van der Waals surface area contributed by atoms with E-state index in [9.17, 15) is 15.3 Å². The fourth-order valence-corrected chi connectivity index (χ4v) is 11.2. The molecule has 4 aliphatic rings. The predicted molar refractivity (Wildman–Crippen MR) is 159 cm³/mol. The van der Waals surface area contributed by atoms with Crippen molar-refractivity contribution in [2.45, 2.75) is 124 Å². The number of hydrogen-bond acceptors (Lipinski definition) is 4. The monoisotopic (exact) mass is 539 g/mol. The highest BCUT2D eigenvalue weighted by atomic mass is 16.3. The Labute approximate surface area is 238 Å². The smallest absolute Gasteiger partial charge is 0.0652 e.